The van der Waals surface area contributed by atoms with Crippen molar-refractivity contribution in [2.24, 2.45) is 0 Å². The molecule has 0 spiro atoms. The summed E-state index contributed by atoms with van der Waals surface area (Å²) in [7, 11) is 3.37. The minimum atomic E-state index is -1.15. The number of nitrogens with zero attached hydrogens (tertiary/aromatic N) is 2. The molecule has 0 radical (unpaired) electrons. The van der Waals surface area contributed by atoms with Gasteiger partial charge in [-0.1, -0.05) is 11.6 Å². The van der Waals surface area contributed by atoms with Gasteiger partial charge in [0.15, 0.2) is 5.69 Å². The molecule has 0 N–H and O–H groups in total. The van der Waals surface area contributed by atoms with Gasteiger partial charge >= 0.3 is 6.09 Å². The van der Waals surface area contributed by atoms with E-state index in [2.05, 4.69) is 0 Å². The van der Waals surface area contributed by atoms with Crippen molar-refractivity contribution >= 4 is 29.1 Å². The summed E-state index contributed by atoms with van der Waals surface area (Å²) in [5, 5.41) is 13.3. The summed E-state index contributed by atoms with van der Waals surface area (Å²) >= 11 is 5.94. The Bertz CT molecular complexity index is 511. The number of hydroxylamine groups is 2. The third kappa shape index (κ3) is 2.73. The third-order valence-corrected chi connectivity index (χ3v) is 3.53. The van der Waals surface area contributed by atoms with Gasteiger partial charge in [0.05, 0.1) is 18.8 Å². The lowest BCUT2D eigenvalue weighted by molar-refractivity contribution is 0.0815. The van der Waals surface area contributed by atoms with E-state index in [1.54, 1.807) is 12.1 Å². The molecular weight excluding hydrogens is 284 g/mol. The van der Waals surface area contributed by atoms with Gasteiger partial charge < -0.3 is 19.6 Å². The van der Waals surface area contributed by atoms with Gasteiger partial charge in [-0.25, -0.2) is 4.65 Å². The Morgan fingerprint density at radius 3 is 2.95 bits per heavy atom. The van der Waals surface area contributed by atoms with Gasteiger partial charge in [0, 0.05) is 25.2 Å². The van der Waals surface area contributed by atoms with Crippen LogP contribution in [-0.4, -0.2) is 46.6 Å². The molecule has 110 valence electrons. The summed E-state index contributed by atoms with van der Waals surface area (Å²) < 4.78 is 8.64. The predicted molar refractivity (Wildman–Crippen MR) is 78.0 cm³/mol. The Morgan fingerprint density at radius 2 is 2.25 bits per heavy atom. The van der Waals surface area contributed by atoms with Crippen molar-refractivity contribution in [1.29, 1.82) is 0 Å². The molecule has 2 rings (SSSR count). The van der Waals surface area contributed by atoms with Crippen LogP contribution in [-0.2, 0) is 9.47 Å². The van der Waals surface area contributed by atoms with Gasteiger partial charge in [-0.05, 0) is 12.1 Å². The molecule has 1 aliphatic heterocycles. The second-order valence-corrected chi connectivity index (χ2v) is 5.06. The standard InChI is InChI=1S/C13H17ClN2O4/c1-15-5-6-16(18,13(17)20-8-7-19-2)12-9-10(14)3-4-11(12)15/h3-4,9H,5-8H2,1-2H3. The maximum Gasteiger partial charge on any atom is 0.521 e. The molecule has 1 atom stereocenters. The Labute approximate surface area is 122 Å². The van der Waals surface area contributed by atoms with Gasteiger partial charge in [-0.2, -0.15) is 4.79 Å². The van der Waals surface area contributed by atoms with E-state index in [1.165, 1.54) is 13.2 Å². The number of anilines is 1. The second-order valence-electron chi connectivity index (χ2n) is 4.63. The summed E-state index contributed by atoms with van der Waals surface area (Å²) in [6.45, 7) is 0.879. The van der Waals surface area contributed by atoms with E-state index in [4.69, 9.17) is 21.1 Å². The van der Waals surface area contributed by atoms with E-state index in [9.17, 15) is 10.0 Å². The lowest BCUT2D eigenvalue weighted by atomic mass is 10.2. The van der Waals surface area contributed by atoms with Crippen molar-refractivity contribution in [1.82, 2.24) is 4.65 Å². The highest BCUT2D eigenvalue weighted by molar-refractivity contribution is 6.31. The number of benzene rings is 1. The zero-order chi connectivity index (χ0) is 14.8. The Morgan fingerprint density at radius 1 is 1.50 bits per heavy atom. The molecule has 6 nitrogen and oxygen atoms in total. The van der Waals surface area contributed by atoms with Crippen molar-refractivity contribution < 1.29 is 14.3 Å². The van der Waals surface area contributed by atoms with Gasteiger partial charge in [0.2, 0.25) is 0 Å². The molecule has 0 saturated heterocycles. The van der Waals surface area contributed by atoms with Crippen LogP contribution in [0.2, 0.25) is 5.02 Å². The zero-order valence-electron chi connectivity index (χ0n) is 11.5. The van der Waals surface area contributed by atoms with Crippen molar-refractivity contribution in [3.8, 4) is 0 Å². The average molecular weight is 301 g/mol. The topological polar surface area (TPSA) is 61.8 Å². The maximum atomic E-state index is 12.9. The molecule has 1 aromatic rings. The molecule has 1 aliphatic rings. The number of ether oxygens (including phenoxy) is 2. The molecular formula is C13H17ClN2O4. The van der Waals surface area contributed by atoms with Crippen LogP contribution in [0.5, 0.6) is 0 Å². The molecule has 0 aromatic heterocycles. The van der Waals surface area contributed by atoms with Gasteiger partial charge in [0.1, 0.15) is 13.2 Å². The Kier molecular flexibility index (Phi) is 4.49. The van der Waals surface area contributed by atoms with Crippen LogP contribution in [0.4, 0.5) is 16.2 Å². The van der Waals surface area contributed by atoms with E-state index >= 15 is 0 Å². The molecule has 1 heterocycles. The highest BCUT2D eigenvalue weighted by atomic mass is 35.5. The number of methoxy groups -OCH3 is 1. The maximum absolute atomic E-state index is 12.9. The van der Waals surface area contributed by atoms with Crippen molar-refractivity contribution in [2.45, 2.75) is 0 Å². The van der Waals surface area contributed by atoms with Crippen molar-refractivity contribution in [2.75, 3.05) is 45.4 Å². The smallest absolute Gasteiger partial charge is 0.521 e. The van der Waals surface area contributed by atoms with Crippen LogP contribution in [0.1, 0.15) is 0 Å². The molecule has 0 fully saturated rings. The van der Waals surface area contributed by atoms with Crippen LogP contribution in [0.3, 0.4) is 0 Å². The van der Waals surface area contributed by atoms with E-state index in [-0.39, 0.29) is 19.8 Å². The fraction of sp³-hybridized carbons (Fsp3) is 0.462. The summed E-state index contributed by atoms with van der Waals surface area (Å²) in [6.07, 6.45) is -0.835. The zero-order valence-corrected chi connectivity index (χ0v) is 12.2. The lowest BCUT2D eigenvalue weighted by Crippen LogP contribution is -2.56. The third-order valence-electron chi connectivity index (χ3n) is 3.30. The fourth-order valence-electron chi connectivity index (χ4n) is 2.15. The molecule has 0 saturated carbocycles. The molecule has 1 aromatic carbocycles. The summed E-state index contributed by atoms with van der Waals surface area (Å²) in [6, 6.07) is 4.96. The van der Waals surface area contributed by atoms with E-state index in [0.717, 1.165) is 0 Å². The first-order chi connectivity index (χ1) is 9.49. The number of quaternary nitrogens is 1. The van der Waals surface area contributed by atoms with Crippen molar-refractivity contribution in [3.05, 3.63) is 28.4 Å². The van der Waals surface area contributed by atoms with Gasteiger partial charge in [-0.3, -0.25) is 0 Å². The Hall–Kier alpha value is -1.34. The molecule has 0 aliphatic carbocycles. The first-order valence-electron chi connectivity index (χ1n) is 6.25. The highest BCUT2D eigenvalue weighted by Crippen LogP contribution is 2.39. The molecule has 20 heavy (non-hydrogen) atoms. The molecule has 1 amide bonds. The lowest BCUT2D eigenvalue weighted by Gasteiger charge is -2.44. The minimum absolute atomic E-state index is 0.0588. The predicted octanol–water partition coefficient (Wildman–Crippen LogP) is 2.38. The number of likely N-dealkylation sites (N-methyl/N-ethyl adjacent to an activating group) is 1. The first kappa shape index (κ1) is 15.1. The highest BCUT2D eigenvalue weighted by Gasteiger charge is 2.39. The van der Waals surface area contributed by atoms with Crippen molar-refractivity contribution in [3.63, 3.8) is 0 Å². The quantitative estimate of drug-likeness (QED) is 0.487. The molecule has 1 unspecified atom stereocenters. The van der Waals surface area contributed by atoms with Gasteiger partial charge in [0.25, 0.3) is 0 Å². The summed E-state index contributed by atoms with van der Waals surface area (Å²) in [4.78, 5) is 14.0. The SMILES string of the molecule is COCCOC(=O)[N+]1([O-])CCN(C)c2ccc(Cl)cc21. The monoisotopic (exact) mass is 300 g/mol. The average Bonchev–Trinajstić information content (AvgIpc) is 2.43. The number of fused-ring (bicyclic) bond motifs is 1. The Balaban J connectivity index is 2.30. The van der Waals surface area contributed by atoms with Crippen LogP contribution < -0.4 is 9.55 Å². The van der Waals surface area contributed by atoms with Crippen LogP contribution >= 0.6 is 11.6 Å². The number of carbonyl (C=O) groups excluding carboxylic acids is 1. The minimum Gasteiger partial charge on any atom is -0.617 e. The number of hydrogen-bond acceptors (Lipinski definition) is 5. The second kappa shape index (κ2) is 5.97. The largest absolute Gasteiger partial charge is 0.617 e. The van der Waals surface area contributed by atoms with Crippen LogP contribution in [0.15, 0.2) is 18.2 Å². The first-order valence-corrected chi connectivity index (χ1v) is 6.63. The molecule has 7 heteroatoms. The number of carbonyl (C=O) groups is 1. The van der Waals surface area contributed by atoms with E-state index < -0.39 is 10.7 Å². The number of amides is 1. The summed E-state index contributed by atoms with van der Waals surface area (Å²) in [5.41, 5.74) is 1.01. The van der Waals surface area contributed by atoms with E-state index in [1.807, 2.05) is 11.9 Å². The molecule has 0 bridgehead atoms. The van der Waals surface area contributed by atoms with Gasteiger partial charge in [-0.15, -0.1) is 0 Å². The summed E-state index contributed by atoms with van der Waals surface area (Å²) in [5.74, 6) is 0. The van der Waals surface area contributed by atoms with Crippen LogP contribution in [0.25, 0.3) is 0 Å². The number of hydrogen-bond donors (Lipinski definition) is 0. The van der Waals surface area contributed by atoms with E-state index in [0.29, 0.717) is 22.9 Å². The normalized spacial score (nSPS) is 21.5. The fourth-order valence-corrected chi connectivity index (χ4v) is 2.31. The number of halogens is 1. The van der Waals surface area contributed by atoms with Crippen LogP contribution in [0, 0.1) is 5.21 Å². The number of rotatable bonds is 3.